The molecule has 2 aromatic rings. The highest BCUT2D eigenvalue weighted by Gasteiger charge is 2.28. The summed E-state index contributed by atoms with van der Waals surface area (Å²) in [5.41, 5.74) is 6.61. The molecule has 18 heavy (non-hydrogen) atoms. The quantitative estimate of drug-likeness (QED) is 0.826. The SMILES string of the molecule is CN(CC1CC(O)C1)c1nc(N)cn2ccnc12. The molecule has 1 aliphatic rings. The van der Waals surface area contributed by atoms with Gasteiger partial charge in [-0.25, -0.2) is 9.97 Å². The topological polar surface area (TPSA) is 79.7 Å². The number of rotatable bonds is 3. The molecule has 1 saturated carbocycles. The summed E-state index contributed by atoms with van der Waals surface area (Å²) in [7, 11) is 1.99. The number of nitrogens with zero attached hydrogens (tertiary/aromatic N) is 4. The van der Waals surface area contributed by atoms with E-state index in [-0.39, 0.29) is 6.10 Å². The first kappa shape index (κ1) is 11.3. The van der Waals surface area contributed by atoms with E-state index in [2.05, 4.69) is 14.9 Å². The number of aromatic nitrogens is 3. The minimum Gasteiger partial charge on any atom is -0.393 e. The van der Waals surface area contributed by atoms with Gasteiger partial charge in [0.2, 0.25) is 0 Å². The fourth-order valence-electron chi connectivity index (χ4n) is 2.51. The zero-order chi connectivity index (χ0) is 12.7. The number of hydrogen-bond donors (Lipinski definition) is 2. The summed E-state index contributed by atoms with van der Waals surface area (Å²) >= 11 is 0. The van der Waals surface area contributed by atoms with E-state index in [1.807, 2.05) is 17.6 Å². The monoisotopic (exact) mass is 247 g/mol. The maximum atomic E-state index is 9.31. The highest BCUT2D eigenvalue weighted by atomic mass is 16.3. The highest BCUT2D eigenvalue weighted by Crippen LogP contribution is 2.29. The van der Waals surface area contributed by atoms with Crippen LogP contribution < -0.4 is 10.6 Å². The van der Waals surface area contributed by atoms with Crippen LogP contribution in [-0.4, -0.2) is 39.2 Å². The van der Waals surface area contributed by atoms with Gasteiger partial charge in [0.05, 0.1) is 12.3 Å². The first-order valence-electron chi connectivity index (χ1n) is 6.12. The van der Waals surface area contributed by atoms with Crippen molar-refractivity contribution < 1.29 is 5.11 Å². The van der Waals surface area contributed by atoms with Crippen molar-refractivity contribution in [3.8, 4) is 0 Å². The molecule has 0 bridgehead atoms. The summed E-state index contributed by atoms with van der Waals surface area (Å²) in [5.74, 6) is 1.81. The number of hydrogen-bond acceptors (Lipinski definition) is 5. The molecule has 96 valence electrons. The molecule has 0 spiro atoms. The van der Waals surface area contributed by atoms with E-state index in [0.29, 0.717) is 11.7 Å². The van der Waals surface area contributed by atoms with Gasteiger partial charge >= 0.3 is 0 Å². The van der Waals surface area contributed by atoms with Crippen molar-refractivity contribution in [1.29, 1.82) is 0 Å². The molecular weight excluding hydrogens is 230 g/mol. The molecule has 0 saturated heterocycles. The van der Waals surface area contributed by atoms with Crippen LogP contribution in [0, 0.1) is 5.92 Å². The summed E-state index contributed by atoms with van der Waals surface area (Å²) in [6.07, 6.45) is 6.98. The van der Waals surface area contributed by atoms with Crippen molar-refractivity contribution in [2.75, 3.05) is 24.2 Å². The van der Waals surface area contributed by atoms with Gasteiger partial charge in [0.25, 0.3) is 0 Å². The van der Waals surface area contributed by atoms with Crippen molar-refractivity contribution >= 4 is 17.3 Å². The average Bonchev–Trinajstić information content (AvgIpc) is 2.73. The van der Waals surface area contributed by atoms with Crippen LogP contribution >= 0.6 is 0 Å². The van der Waals surface area contributed by atoms with Crippen molar-refractivity contribution in [2.24, 2.45) is 5.92 Å². The number of imidazole rings is 1. The van der Waals surface area contributed by atoms with Gasteiger partial charge in [-0.05, 0) is 18.8 Å². The Labute approximate surface area is 105 Å². The van der Waals surface area contributed by atoms with Crippen molar-refractivity contribution in [3.63, 3.8) is 0 Å². The Morgan fingerprint density at radius 3 is 3.06 bits per heavy atom. The van der Waals surface area contributed by atoms with E-state index < -0.39 is 0 Å². The van der Waals surface area contributed by atoms with Crippen LogP contribution in [0.2, 0.25) is 0 Å². The minimum atomic E-state index is -0.122. The minimum absolute atomic E-state index is 0.122. The lowest BCUT2D eigenvalue weighted by atomic mass is 9.82. The van der Waals surface area contributed by atoms with E-state index in [1.165, 1.54) is 0 Å². The van der Waals surface area contributed by atoms with E-state index in [9.17, 15) is 5.11 Å². The number of aliphatic hydroxyl groups excluding tert-OH is 1. The summed E-state index contributed by atoms with van der Waals surface area (Å²) in [4.78, 5) is 10.7. The van der Waals surface area contributed by atoms with Gasteiger partial charge < -0.3 is 20.1 Å². The first-order chi connectivity index (χ1) is 8.63. The van der Waals surface area contributed by atoms with Crippen LogP contribution in [0.5, 0.6) is 0 Å². The van der Waals surface area contributed by atoms with Gasteiger partial charge in [0.1, 0.15) is 5.82 Å². The molecule has 3 rings (SSSR count). The average molecular weight is 247 g/mol. The standard InChI is InChI=1S/C12H17N5O/c1-16(6-8-4-9(18)5-8)12-11-14-2-3-17(11)7-10(13)15-12/h2-3,7-9,18H,4-6,13H2,1H3. The molecule has 1 aliphatic carbocycles. The number of anilines is 2. The van der Waals surface area contributed by atoms with Crippen LogP contribution in [0.25, 0.3) is 5.65 Å². The molecule has 3 N–H and O–H groups in total. The lowest BCUT2D eigenvalue weighted by Gasteiger charge is -2.34. The second-order valence-corrected chi connectivity index (χ2v) is 5.02. The molecule has 1 fully saturated rings. The zero-order valence-electron chi connectivity index (χ0n) is 10.3. The van der Waals surface area contributed by atoms with Crippen LogP contribution in [0.1, 0.15) is 12.8 Å². The molecule has 0 aromatic carbocycles. The Hall–Kier alpha value is -1.82. The molecule has 0 aliphatic heterocycles. The Kier molecular flexibility index (Phi) is 2.59. The summed E-state index contributed by atoms with van der Waals surface area (Å²) in [6, 6.07) is 0. The maximum absolute atomic E-state index is 9.31. The Balaban J connectivity index is 1.86. The highest BCUT2D eigenvalue weighted by molar-refractivity contribution is 5.66. The van der Waals surface area contributed by atoms with Gasteiger partial charge in [-0.15, -0.1) is 0 Å². The molecule has 2 aromatic heterocycles. The van der Waals surface area contributed by atoms with E-state index in [4.69, 9.17) is 5.73 Å². The Morgan fingerprint density at radius 2 is 2.33 bits per heavy atom. The van der Waals surface area contributed by atoms with E-state index in [1.54, 1.807) is 12.4 Å². The van der Waals surface area contributed by atoms with Gasteiger partial charge in [0, 0.05) is 26.0 Å². The largest absolute Gasteiger partial charge is 0.393 e. The van der Waals surface area contributed by atoms with Gasteiger partial charge in [-0.2, -0.15) is 0 Å². The third-order valence-electron chi connectivity index (χ3n) is 3.48. The summed E-state index contributed by atoms with van der Waals surface area (Å²) < 4.78 is 1.88. The molecule has 0 amide bonds. The zero-order valence-corrected chi connectivity index (χ0v) is 10.3. The Bertz CT molecular complexity index is 561. The van der Waals surface area contributed by atoms with Crippen LogP contribution in [0.4, 0.5) is 11.6 Å². The first-order valence-corrected chi connectivity index (χ1v) is 6.12. The smallest absolute Gasteiger partial charge is 0.180 e. The molecule has 0 unspecified atom stereocenters. The van der Waals surface area contributed by atoms with E-state index in [0.717, 1.165) is 30.9 Å². The predicted molar refractivity (Wildman–Crippen MR) is 69.4 cm³/mol. The molecule has 6 nitrogen and oxygen atoms in total. The van der Waals surface area contributed by atoms with Crippen LogP contribution in [0.3, 0.4) is 0 Å². The molecule has 0 radical (unpaired) electrons. The lowest BCUT2D eigenvalue weighted by molar-refractivity contribution is 0.0464. The lowest BCUT2D eigenvalue weighted by Crippen LogP contribution is -2.37. The normalized spacial score (nSPS) is 23.0. The second-order valence-electron chi connectivity index (χ2n) is 5.02. The second kappa shape index (κ2) is 4.13. The van der Waals surface area contributed by atoms with Crippen LogP contribution in [0.15, 0.2) is 18.6 Å². The van der Waals surface area contributed by atoms with E-state index >= 15 is 0 Å². The molecular formula is C12H17N5O. The number of nitrogen functional groups attached to an aromatic ring is 1. The van der Waals surface area contributed by atoms with Crippen LogP contribution in [-0.2, 0) is 0 Å². The number of nitrogens with two attached hydrogens (primary N) is 1. The Morgan fingerprint density at radius 1 is 1.56 bits per heavy atom. The van der Waals surface area contributed by atoms with Crippen molar-refractivity contribution in [3.05, 3.63) is 18.6 Å². The van der Waals surface area contributed by atoms with Gasteiger partial charge in [-0.3, -0.25) is 0 Å². The summed E-state index contributed by atoms with van der Waals surface area (Å²) in [6.45, 7) is 0.871. The fourth-order valence-corrected chi connectivity index (χ4v) is 2.51. The molecule has 6 heteroatoms. The third kappa shape index (κ3) is 1.88. The summed E-state index contributed by atoms with van der Waals surface area (Å²) in [5, 5.41) is 9.31. The predicted octanol–water partition coefficient (Wildman–Crippen LogP) is 0.519. The number of aliphatic hydroxyl groups is 1. The van der Waals surface area contributed by atoms with Crippen molar-refractivity contribution in [2.45, 2.75) is 18.9 Å². The van der Waals surface area contributed by atoms with Gasteiger partial charge in [-0.1, -0.05) is 0 Å². The molecule has 2 heterocycles. The third-order valence-corrected chi connectivity index (χ3v) is 3.48. The molecule has 0 atom stereocenters. The van der Waals surface area contributed by atoms with Gasteiger partial charge in [0.15, 0.2) is 11.5 Å². The maximum Gasteiger partial charge on any atom is 0.180 e. The van der Waals surface area contributed by atoms with Crippen molar-refractivity contribution in [1.82, 2.24) is 14.4 Å². The number of fused-ring (bicyclic) bond motifs is 1. The fraction of sp³-hybridized carbons (Fsp3) is 0.500.